The van der Waals surface area contributed by atoms with Gasteiger partial charge in [0.15, 0.2) is 4.34 Å². The van der Waals surface area contributed by atoms with E-state index in [1.165, 1.54) is 23.9 Å². The Hall–Kier alpha value is -1.51. The summed E-state index contributed by atoms with van der Waals surface area (Å²) < 4.78 is 28.3. The Morgan fingerprint density at radius 1 is 1.32 bits per heavy atom. The molecule has 2 heterocycles. The fraction of sp³-hybridized carbons (Fsp3) is 0.500. The van der Waals surface area contributed by atoms with E-state index >= 15 is 0 Å². The summed E-state index contributed by atoms with van der Waals surface area (Å²) in [5.41, 5.74) is 1.38. The zero-order chi connectivity index (χ0) is 19.7. The topological polar surface area (TPSA) is 45.2 Å². The van der Waals surface area contributed by atoms with Crippen molar-refractivity contribution in [2.24, 2.45) is 11.8 Å². The molecule has 1 aromatic carbocycles. The minimum Gasteiger partial charge on any atom is -0.352 e. The molecule has 1 aliphatic carbocycles. The van der Waals surface area contributed by atoms with Crippen molar-refractivity contribution >= 4 is 29.0 Å². The third-order valence-electron chi connectivity index (χ3n) is 5.56. The normalized spacial score (nSPS) is 24.5. The fourth-order valence-electron chi connectivity index (χ4n) is 4.34. The van der Waals surface area contributed by atoms with Gasteiger partial charge in [-0.1, -0.05) is 11.8 Å². The highest BCUT2D eigenvalue weighted by Crippen LogP contribution is 2.37. The number of fused-ring (bicyclic) bond motifs is 2. The number of aryl methyl sites for hydroxylation is 1. The van der Waals surface area contributed by atoms with Crippen molar-refractivity contribution in [2.75, 3.05) is 18.8 Å². The van der Waals surface area contributed by atoms with Gasteiger partial charge in [0.1, 0.15) is 11.6 Å². The number of thiazole rings is 1. The van der Waals surface area contributed by atoms with Crippen LogP contribution in [0.3, 0.4) is 0 Å². The Labute approximate surface area is 171 Å². The average molecular weight is 424 g/mol. The number of amides is 1. The molecule has 4 nitrogen and oxygen atoms in total. The predicted octanol–water partition coefficient (Wildman–Crippen LogP) is 3.85. The van der Waals surface area contributed by atoms with Crippen molar-refractivity contribution in [1.29, 1.82) is 0 Å². The maximum absolute atomic E-state index is 14.0. The minimum atomic E-state index is -0.408. The van der Waals surface area contributed by atoms with Gasteiger partial charge in [-0.2, -0.15) is 0 Å². The van der Waals surface area contributed by atoms with Crippen molar-refractivity contribution in [3.63, 3.8) is 0 Å². The number of hydrogen-bond acceptors (Lipinski definition) is 5. The SMILES string of the molecule is Cc1csc(SCC(=O)NC2[C@@H]3CC[C@H]2CN(Cc2cc(F)ccc2F)C3)n1. The van der Waals surface area contributed by atoms with Gasteiger partial charge >= 0.3 is 0 Å². The van der Waals surface area contributed by atoms with Crippen molar-refractivity contribution in [1.82, 2.24) is 15.2 Å². The van der Waals surface area contributed by atoms with Gasteiger partial charge in [-0.3, -0.25) is 9.69 Å². The molecule has 1 aliphatic heterocycles. The number of carbonyl (C=O) groups is 1. The van der Waals surface area contributed by atoms with Crippen LogP contribution in [0.15, 0.2) is 27.9 Å². The van der Waals surface area contributed by atoms with Crippen LogP contribution in [-0.4, -0.2) is 40.7 Å². The number of piperidine rings is 1. The van der Waals surface area contributed by atoms with Crippen LogP contribution < -0.4 is 5.32 Å². The lowest BCUT2D eigenvalue weighted by Crippen LogP contribution is -2.52. The van der Waals surface area contributed by atoms with E-state index in [9.17, 15) is 13.6 Å². The molecule has 1 amide bonds. The lowest BCUT2D eigenvalue weighted by molar-refractivity contribution is -0.120. The van der Waals surface area contributed by atoms with E-state index in [0.29, 0.717) is 29.7 Å². The van der Waals surface area contributed by atoms with Gasteiger partial charge in [-0.25, -0.2) is 13.8 Å². The molecular weight excluding hydrogens is 400 g/mol. The smallest absolute Gasteiger partial charge is 0.230 e. The van der Waals surface area contributed by atoms with Crippen LogP contribution in [0.2, 0.25) is 0 Å². The molecule has 150 valence electrons. The Bertz CT molecular complexity index is 846. The molecule has 8 heteroatoms. The largest absolute Gasteiger partial charge is 0.352 e. The first-order valence-electron chi connectivity index (χ1n) is 9.48. The molecule has 1 N–H and O–H groups in total. The van der Waals surface area contributed by atoms with Crippen LogP contribution in [0.1, 0.15) is 24.1 Å². The van der Waals surface area contributed by atoms with E-state index in [0.717, 1.165) is 42.0 Å². The molecule has 2 aliphatic rings. The van der Waals surface area contributed by atoms with Gasteiger partial charge < -0.3 is 5.32 Å². The highest BCUT2D eigenvalue weighted by atomic mass is 32.2. The minimum absolute atomic E-state index is 0.0457. The maximum Gasteiger partial charge on any atom is 0.230 e. The summed E-state index contributed by atoms with van der Waals surface area (Å²) in [6.45, 7) is 3.96. The predicted molar refractivity (Wildman–Crippen MR) is 107 cm³/mol. The molecule has 2 fully saturated rings. The van der Waals surface area contributed by atoms with E-state index in [2.05, 4.69) is 15.2 Å². The Kier molecular flexibility index (Phi) is 5.99. The van der Waals surface area contributed by atoms with Gasteiger partial charge in [0.25, 0.3) is 0 Å². The summed E-state index contributed by atoms with van der Waals surface area (Å²) in [5, 5.41) is 5.20. The molecule has 2 bridgehead atoms. The number of benzene rings is 1. The van der Waals surface area contributed by atoms with Crippen LogP contribution in [0.25, 0.3) is 0 Å². The Morgan fingerprint density at radius 3 is 2.75 bits per heavy atom. The zero-order valence-corrected chi connectivity index (χ0v) is 17.3. The van der Waals surface area contributed by atoms with Crippen LogP contribution in [0.5, 0.6) is 0 Å². The van der Waals surface area contributed by atoms with E-state index < -0.39 is 5.82 Å². The van der Waals surface area contributed by atoms with E-state index in [-0.39, 0.29) is 17.8 Å². The first kappa shape index (κ1) is 19.8. The van der Waals surface area contributed by atoms with E-state index in [1.807, 2.05) is 12.3 Å². The Morgan fingerprint density at radius 2 is 2.07 bits per heavy atom. The summed E-state index contributed by atoms with van der Waals surface area (Å²) in [6, 6.07) is 3.80. The van der Waals surface area contributed by atoms with Crippen LogP contribution in [0.4, 0.5) is 8.78 Å². The zero-order valence-electron chi connectivity index (χ0n) is 15.7. The number of nitrogens with zero attached hydrogens (tertiary/aromatic N) is 2. The number of carbonyl (C=O) groups excluding carboxylic acids is 1. The van der Waals surface area contributed by atoms with Gasteiger partial charge in [-0.15, -0.1) is 11.3 Å². The molecule has 1 unspecified atom stereocenters. The number of halogens is 2. The van der Waals surface area contributed by atoms with E-state index in [1.54, 1.807) is 11.3 Å². The number of nitrogens with one attached hydrogen (secondary N) is 1. The number of rotatable bonds is 6. The van der Waals surface area contributed by atoms with Crippen molar-refractivity contribution in [2.45, 2.75) is 36.7 Å². The van der Waals surface area contributed by atoms with Crippen LogP contribution in [-0.2, 0) is 11.3 Å². The molecule has 0 radical (unpaired) electrons. The summed E-state index contributed by atoms with van der Waals surface area (Å²) in [5.74, 6) is 0.386. The lowest BCUT2D eigenvalue weighted by Gasteiger charge is -2.38. The molecule has 4 rings (SSSR count). The number of aromatic nitrogens is 1. The number of hydrogen-bond donors (Lipinski definition) is 1. The van der Waals surface area contributed by atoms with Crippen molar-refractivity contribution in [3.05, 3.63) is 46.5 Å². The van der Waals surface area contributed by atoms with Gasteiger partial charge in [0.2, 0.25) is 5.91 Å². The maximum atomic E-state index is 14.0. The van der Waals surface area contributed by atoms with Crippen LogP contribution >= 0.6 is 23.1 Å². The lowest BCUT2D eigenvalue weighted by atomic mass is 9.91. The first-order chi connectivity index (χ1) is 13.5. The molecule has 3 atom stereocenters. The second kappa shape index (κ2) is 8.47. The van der Waals surface area contributed by atoms with Gasteiger partial charge in [0, 0.05) is 42.3 Å². The molecule has 2 aromatic rings. The Balaban J connectivity index is 1.31. The molecule has 1 saturated heterocycles. The molecule has 0 spiro atoms. The highest BCUT2D eigenvalue weighted by Gasteiger charge is 2.42. The second-order valence-corrected chi connectivity index (χ2v) is 9.74. The van der Waals surface area contributed by atoms with Gasteiger partial charge in [0.05, 0.1) is 5.75 Å². The molecular formula is C20H23F2N3OS2. The standard InChI is InChI=1S/C20H23F2N3OS2/c1-12-10-27-20(23-12)28-11-18(26)24-19-13-2-3-14(19)8-25(7-13)9-15-6-16(21)4-5-17(15)22/h4-6,10,13-14,19H,2-3,7-9,11H2,1H3,(H,24,26)/t13-,14+,19?. The molecule has 1 saturated carbocycles. The molecule has 1 aromatic heterocycles. The van der Waals surface area contributed by atoms with Crippen LogP contribution in [0, 0.1) is 30.4 Å². The average Bonchev–Trinajstić information content (AvgIpc) is 3.16. The van der Waals surface area contributed by atoms with Crippen molar-refractivity contribution < 1.29 is 13.6 Å². The summed E-state index contributed by atoms with van der Waals surface area (Å²) >= 11 is 3.04. The second-order valence-electron chi connectivity index (χ2n) is 7.66. The summed E-state index contributed by atoms with van der Waals surface area (Å²) in [7, 11) is 0. The third-order valence-corrected chi connectivity index (χ3v) is 7.70. The molecule has 28 heavy (non-hydrogen) atoms. The van der Waals surface area contributed by atoms with Crippen molar-refractivity contribution in [3.8, 4) is 0 Å². The van der Waals surface area contributed by atoms with Gasteiger partial charge in [-0.05, 0) is 49.8 Å². The van der Waals surface area contributed by atoms with E-state index in [4.69, 9.17) is 0 Å². The number of thioether (sulfide) groups is 1. The summed E-state index contributed by atoms with van der Waals surface area (Å²) in [6.07, 6.45) is 2.13. The third kappa shape index (κ3) is 4.55. The number of likely N-dealkylation sites (tertiary alicyclic amines) is 1. The monoisotopic (exact) mass is 423 g/mol. The quantitative estimate of drug-likeness (QED) is 0.717. The highest BCUT2D eigenvalue weighted by molar-refractivity contribution is 8.01. The first-order valence-corrected chi connectivity index (χ1v) is 11.3. The summed E-state index contributed by atoms with van der Waals surface area (Å²) in [4.78, 5) is 19.0. The fourth-order valence-corrected chi connectivity index (χ4v) is 6.00.